The van der Waals surface area contributed by atoms with Crippen LogP contribution in [0.2, 0.25) is 0 Å². The van der Waals surface area contributed by atoms with Crippen LogP contribution >= 0.6 is 0 Å². The highest BCUT2D eigenvalue weighted by atomic mass is 19.1. The number of halogens is 1. The van der Waals surface area contributed by atoms with Gasteiger partial charge in [-0.25, -0.2) is 14.4 Å². The van der Waals surface area contributed by atoms with Crippen LogP contribution in [0, 0.1) is 18.7 Å². The van der Waals surface area contributed by atoms with Crippen LogP contribution < -0.4 is 9.80 Å². The lowest BCUT2D eigenvalue weighted by Crippen LogP contribution is -2.52. The molecule has 0 spiro atoms. The van der Waals surface area contributed by atoms with Crippen molar-refractivity contribution in [2.45, 2.75) is 19.8 Å². The lowest BCUT2D eigenvalue weighted by atomic mass is 9.96. The van der Waals surface area contributed by atoms with Crippen molar-refractivity contribution in [2.24, 2.45) is 5.92 Å². The Kier molecular flexibility index (Phi) is 5.41. The van der Waals surface area contributed by atoms with Gasteiger partial charge in [0.1, 0.15) is 5.82 Å². The number of aromatic nitrogens is 2. The van der Waals surface area contributed by atoms with Crippen LogP contribution in [0.5, 0.6) is 0 Å². The van der Waals surface area contributed by atoms with E-state index in [2.05, 4.69) is 19.8 Å². The Morgan fingerprint density at radius 1 is 1.04 bits per heavy atom. The minimum atomic E-state index is -0.225. The Labute approximate surface area is 165 Å². The van der Waals surface area contributed by atoms with E-state index in [0.717, 1.165) is 49.8 Å². The van der Waals surface area contributed by atoms with Gasteiger partial charge in [0.2, 0.25) is 11.9 Å². The number of hydrogen-bond donors (Lipinski definition) is 0. The standard InChI is InChI=1S/C21H26FN5O/c1-16-8-9-23-21(24-16)27-10-2-3-17(15-27)20(28)26-13-11-25(12-14-26)19-6-4-18(22)5-7-19/h4-9,17H,2-3,10-15H2,1H3/t17-/m1/s1. The number of piperidine rings is 1. The second kappa shape index (κ2) is 8.12. The van der Waals surface area contributed by atoms with Gasteiger partial charge < -0.3 is 14.7 Å². The van der Waals surface area contributed by atoms with Crippen LogP contribution in [0.15, 0.2) is 36.5 Å². The third kappa shape index (κ3) is 4.08. The molecule has 0 bridgehead atoms. The van der Waals surface area contributed by atoms with E-state index in [-0.39, 0.29) is 17.6 Å². The van der Waals surface area contributed by atoms with Crippen LogP contribution in [0.3, 0.4) is 0 Å². The van der Waals surface area contributed by atoms with Gasteiger partial charge in [-0.15, -0.1) is 0 Å². The quantitative estimate of drug-likeness (QED) is 0.815. The molecule has 0 aliphatic carbocycles. The molecule has 1 atom stereocenters. The molecule has 2 aromatic rings. The first-order chi connectivity index (χ1) is 13.6. The molecule has 2 saturated heterocycles. The summed E-state index contributed by atoms with van der Waals surface area (Å²) in [6, 6.07) is 8.45. The minimum absolute atomic E-state index is 0.00441. The minimum Gasteiger partial charge on any atom is -0.368 e. The van der Waals surface area contributed by atoms with E-state index in [9.17, 15) is 9.18 Å². The van der Waals surface area contributed by atoms with Crippen LogP contribution in [-0.2, 0) is 4.79 Å². The average molecular weight is 383 g/mol. The second-order valence-corrected chi connectivity index (χ2v) is 7.57. The maximum atomic E-state index is 13.1. The highest BCUT2D eigenvalue weighted by Crippen LogP contribution is 2.24. The largest absolute Gasteiger partial charge is 0.368 e. The van der Waals surface area contributed by atoms with E-state index in [1.807, 2.05) is 17.9 Å². The number of nitrogens with zero attached hydrogens (tertiary/aromatic N) is 5. The monoisotopic (exact) mass is 383 g/mol. The summed E-state index contributed by atoms with van der Waals surface area (Å²) in [5.74, 6) is 0.724. The molecule has 7 heteroatoms. The zero-order valence-corrected chi connectivity index (χ0v) is 16.2. The highest BCUT2D eigenvalue weighted by Gasteiger charge is 2.31. The predicted octanol–water partition coefficient (Wildman–Crippen LogP) is 2.49. The normalized spacial score (nSPS) is 20.4. The first kappa shape index (κ1) is 18.7. The molecule has 2 aliphatic rings. The Hall–Kier alpha value is -2.70. The van der Waals surface area contributed by atoms with E-state index >= 15 is 0 Å². The lowest BCUT2D eigenvalue weighted by Gasteiger charge is -2.39. The van der Waals surface area contributed by atoms with Crippen LogP contribution in [0.4, 0.5) is 16.0 Å². The number of carbonyl (C=O) groups excluding carboxylic acids is 1. The summed E-state index contributed by atoms with van der Waals surface area (Å²) in [7, 11) is 0. The molecule has 1 aromatic carbocycles. The summed E-state index contributed by atoms with van der Waals surface area (Å²) in [5.41, 5.74) is 1.95. The average Bonchev–Trinajstić information content (AvgIpc) is 2.74. The van der Waals surface area contributed by atoms with E-state index < -0.39 is 0 Å². The molecule has 1 amide bonds. The van der Waals surface area contributed by atoms with Gasteiger partial charge >= 0.3 is 0 Å². The van der Waals surface area contributed by atoms with Gasteiger partial charge in [-0.05, 0) is 50.1 Å². The van der Waals surface area contributed by atoms with Crippen molar-refractivity contribution in [3.8, 4) is 0 Å². The zero-order valence-electron chi connectivity index (χ0n) is 16.2. The maximum absolute atomic E-state index is 13.1. The molecule has 2 aliphatic heterocycles. The summed E-state index contributed by atoms with van der Waals surface area (Å²) in [4.78, 5) is 28.3. The van der Waals surface area contributed by atoms with E-state index in [1.54, 1.807) is 18.3 Å². The molecule has 2 fully saturated rings. The fourth-order valence-corrected chi connectivity index (χ4v) is 4.04. The Bertz CT molecular complexity index is 820. The summed E-state index contributed by atoms with van der Waals surface area (Å²) in [6.45, 7) is 6.48. The van der Waals surface area contributed by atoms with Crippen molar-refractivity contribution >= 4 is 17.5 Å². The second-order valence-electron chi connectivity index (χ2n) is 7.57. The molecule has 1 aromatic heterocycles. The number of benzene rings is 1. The lowest BCUT2D eigenvalue weighted by molar-refractivity contribution is -0.136. The van der Waals surface area contributed by atoms with E-state index in [0.29, 0.717) is 19.6 Å². The van der Waals surface area contributed by atoms with Crippen molar-refractivity contribution < 1.29 is 9.18 Å². The number of rotatable bonds is 3. The predicted molar refractivity (Wildman–Crippen MR) is 107 cm³/mol. The topological polar surface area (TPSA) is 52.6 Å². The number of amides is 1. The van der Waals surface area contributed by atoms with Gasteiger partial charge in [0.25, 0.3) is 0 Å². The number of aryl methyl sites for hydroxylation is 1. The van der Waals surface area contributed by atoms with Crippen molar-refractivity contribution in [1.82, 2.24) is 14.9 Å². The number of anilines is 2. The smallest absolute Gasteiger partial charge is 0.227 e. The third-order valence-electron chi connectivity index (χ3n) is 5.62. The number of hydrogen-bond acceptors (Lipinski definition) is 5. The Balaban J connectivity index is 1.35. The fourth-order valence-electron chi connectivity index (χ4n) is 4.04. The van der Waals surface area contributed by atoms with Gasteiger partial charge in [0.05, 0.1) is 5.92 Å². The van der Waals surface area contributed by atoms with Gasteiger partial charge in [-0.3, -0.25) is 4.79 Å². The van der Waals surface area contributed by atoms with Crippen molar-refractivity contribution in [3.05, 3.63) is 48.0 Å². The molecular weight excluding hydrogens is 357 g/mol. The maximum Gasteiger partial charge on any atom is 0.227 e. The fraction of sp³-hybridized carbons (Fsp3) is 0.476. The molecule has 6 nitrogen and oxygen atoms in total. The molecule has 4 rings (SSSR count). The zero-order chi connectivity index (χ0) is 19.5. The summed E-state index contributed by atoms with van der Waals surface area (Å²) < 4.78 is 13.1. The number of piperazine rings is 1. The van der Waals surface area contributed by atoms with Crippen molar-refractivity contribution in [1.29, 1.82) is 0 Å². The molecule has 0 saturated carbocycles. The molecule has 0 radical (unpaired) electrons. The molecule has 3 heterocycles. The summed E-state index contributed by atoms with van der Waals surface area (Å²) in [6.07, 6.45) is 3.67. The van der Waals surface area contributed by atoms with E-state index in [4.69, 9.17) is 0 Å². The summed E-state index contributed by atoms with van der Waals surface area (Å²) in [5, 5.41) is 0. The molecule has 148 valence electrons. The first-order valence-corrected chi connectivity index (χ1v) is 9.94. The van der Waals surface area contributed by atoms with Crippen molar-refractivity contribution in [2.75, 3.05) is 49.1 Å². The van der Waals surface area contributed by atoms with Gasteiger partial charge in [0.15, 0.2) is 0 Å². The SMILES string of the molecule is Cc1ccnc(N2CCC[C@@H](C(=O)N3CCN(c4ccc(F)cc4)CC3)C2)n1. The Morgan fingerprint density at radius 3 is 2.50 bits per heavy atom. The first-order valence-electron chi connectivity index (χ1n) is 9.94. The van der Waals surface area contributed by atoms with Gasteiger partial charge in [0, 0.05) is 56.8 Å². The van der Waals surface area contributed by atoms with Crippen LogP contribution in [0.25, 0.3) is 0 Å². The van der Waals surface area contributed by atoms with Crippen LogP contribution in [-0.4, -0.2) is 60.0 Å². The molecule has 28 heavy (non-hydrogen) atoms. The third-order valence-corrected chi connectivity index (χ3v) is 5.62. The van der Waals surface area contributed by atoms with Crippen LogP contribution in [0.1, 0.15) is 18.5 Å². The van der Waals surface area contributed by atoms with E-state index in [1.165, 1.54) is 12.1 Å². The number of carbonyl (C=O) groups is 1. The van der Waals surface area contributed by atoms with Crippen molar-refractivity contribution in [3.63, 3.8) is 0 Å². The molecular formula is C21H26FN5O. The molecule has 0 N–H and O–H groups in total. The summed E-state index contributed by atoms with van der Waals surface area (Å²) >= 11 is 0. The van der Waals surface area contributed by atoms with Gasteiger partial charge in [-0.1, -0.05) is 0 Å². The Morgan fingerprint density at radius 2 is 1.79 bits per heavy atom. The molecule has 0 unspecified atom stereocenters. The van der Waals surface area contributed by atoms with Gasteiger partial charge in [-0.2, -0.15) is 0 Å². The highest BCUT2D eigenvalue weighted by molar-refractivity contribution is 5.80.